The SMILES string of the molecule is CC1CCN(C(=O)N2CCn3cnnc3C2)C1C(=O)O. The highest BCUT2D eigenvalue weighted by Gasteiger charge is 2.41. The summed E-state index contributed by atoms with van der Waals surface area (Å²) in [7, 11) is 0. The fraction of sp³-hybridized carbons (Fsp3) is 0.667. The second kappa shape index (κ2) is 4.77. The molecule has 2 aliphatic heterocycles. The maximum absolute atomic E-state index is 12.5. The largest absolute Gasteiger partial charge is 0.480 e. The third-order valence-corrected chi connectivity index (χ3v) is 4.11. The van der Waals surface area contributed by atoms with Gasteiger partial charge in [0.15, 0.2) is 5.82 Å². The summed E-state index contributed by atoms with van der Waals surface area (Å²) in [5.74, 6) is -0.197. The summed E-state index contributed by atoms with van der Waals surface area (Å²) in [6.45, 7) is 3.96. The predicted octanol–water partition coefficient (Wildman–Crippen LogP) is 0.00870. The van der Waals surface area contributed by atoms with Gasteiger partial charge in [-0.05, 0) is 12.3 Å². The lowest BCUT2D eigenvalue weighted by Crippen LogP contribution is -2.51. The number of carboxylic acid groups (broad SMARTS) is 1. The molecule has 20 heavy (non-hydrogen) atoms. The first-order valence-corrected chi connectivity index (χ1v) is 6.73. The lowest BCUT2D eigenvalue weighted by molar-refractivity contribution is -0.142. The van der Waals surface area contributed by atoms with Gasteiger partial charge in [-0.2, -0.15) is 0 Å². The lowest BCUT2D eigenvalue weighted by atomic mass is 10.0. The van der Waals surface area contributed by atoms with Crippen LogP contribution in [0.3, 0.4) is 0 Å². The van der Waals surface area contributed by atoms with Gasteiger partial charge in [0.1, 0.15) is 12.4 Å². The number of carboxylic acids is 1. The molecule has 0 aromatic carbocycles. The molecule has 0 bridgehead atoms. The molecule has 1 N–H and O–H groups in total. The summed E-state index contributed by atoms with van der Waals surface area (Å²) in [4.78, 5) is 27.0. The molecule has 1 aromatic heterocycles. The molecule has 0 saturated carbocycles. The Bertz CT molecular complexity index is 543. The lowest BCUT2D eigenvalue weighted by Gasteiger charge is -2.33. The van der Waals surface area contributed by atoms with Gasteiger partial charge in [-0.1, -0.05) is 6.92 Å². The predicted molar refractivity (Wildman–Crippen MR) is 67.7 cm³/mol. The molecule has 8 nitrogen and oxygen atoms in total. The van der Waals surface area contributed by atoms with Crippen LogP contribution in [0, 0.1) is 5.92 Å². The normalized spacial score (nSPS) is 25.6. The quantitative estimate of drug-likeness (QED) is 0.781. The number of aliphatic carboxylic acids is 1. The van der Waals surface area contributed by atoms with Crippen LogP contribution in [0.4, 0.5) is 4.79 Å². The first kappa shape index (κ1) is 12.9. The minimum absolute atomic E-state index is 0.00936. The average molecular weight is 279 g/mol. The Balaban J connectivity index is 1.75. The molecule has 108 valence electrons. The fourth-order valence-electron chi connectivity index (χ4n) is 2.95. The maximum Gasteiger partial charge on any atom is 0.326 e. The van der Waals surface area contributed by atoms with Crippen LogP contribution in [0.15, 0.2) is 6.33 Å². The van der Waals surface area contributed by atoms with Crippen molar-refractivity contribution < 1.29 is 14.7 Å². The van der Waals surface area contributed by atoms with E-state index in [1.807, 2.05) is 11.5 Å². The number of likely N-dealkylation sites (tertiary alicyclic amines) is 1. The molecule has 1 saturated heterocycles. The Morgan fingerprint density at radius 3 is 2.90 bits per heavy atom. The molecule has 2 atom stereocenters. The Labute approximate surface area is 116 Å². The van der Waals surface area contributed by atoms with E-state index < -0.39 is 12.0 Å². The van der Waals surface area contributed by atoms with Gasteiger partial charge in [-0.15, -0.1) is 10.2 Å². The highest BCUT2D eigenvalue weighted by atomic mass is 16.4. The van der Waals surface area contributed by atoms with Crippen LogP contribution in [-0.4, -0.2) is 60.8 Å². The molecule has 8 heteroatoms. The summed E-state index contributed by atoms with van der Waals surface area (Å²) >= 11 is 0. The number of carbonyl (C=O) groups excluding carboxylic acids is 1. The number of urea groups is 1. The molecular weight excluding hydrogens is 262 g/mol. The van der Waals surface area contributed by atoms with Crippen molar-refractivity contribution in [2.75, 3.05) is 13.1 Å². The van der Waals surface area contributed by atoms with Crippen LogP contribution < -0.4 is 0 Å². The zero-order valence-corrected chi connectivity index (χ0v) is 11.3. The highest BCUT2D eigenvalue weighted by Crippen LogP contribution is 2.26. The van der Waals surface area contributed by atoms with E-state index in [-0.39, 0.29) is 11.9 Å². The Kier molecular flexibility index (Phi) is 3.07. The van der Waals surface area contributed by atoms with E-state index in [0.717, 1.165) is 12.2 Å². The smallest absolute Gasteiger partial charge is 0.326 e. The van der Waals surface area contributed by atoms with Gasteiger partial charge in [0.25, 0.3) is 0 Å². The Morgan fingerprint density at radius 2 is 2.15 bits per heavy atom. The number of nitrogens with zero attached hydrogens (tertiary/aromatic N) is 5. The van der Waals surface area contributed by atoms with Gasteiger partial charge >= 0.3 is 12.0 Å². The molecular formula is C12H17N5O3. The van der Waals surface area contributed by atoms with E-state index in [9.17, 15) is 14.7 Å². The topological polar surface area (TPSA) is 91.6 Å². The standard InChI is InChI=1S/C12H17N5O3/c1-8-2-3-17(10(8)11(18)19)12(20)15-4-5-16-7-13-14-9(16)6-15/h7-8,10H,2-6H2,1H3,(H,18,19). The number of amides is 2. The van der Waals surface area contributed by atoms with Crippen molar-refractivity contribution in [2.45, 2.75) is 32.5 Å². The molecule has 2 aliphatic rings. The third-order valence-electron chi connectivity index (χ3n) is 4.11. The van der Waals surface area contributed by atoms with Crippen molar-refractivity contribution in [1.82, 2.24) is 24.6 Å². The van der Waals surface area contributed by atoms with Crippen molar-refractivity contribution in [3.63, 3.8) is 0 Å². The molecule has 3 rings (SSSR count). The van der Waals surface area contributed by atoms with Crippen molar-refractivity contribution in [1.29, 1.82) is 0 Å². The van der Waals surface area contributed by atoms with Crippen LogP contribution in [0.25, 0.3) is 0 Å². The molecule has 0 radical (unpaired) electrons. The molecule has 3 heterocycles. The molecule has 1 fully saturated rings. The number of fused-ring (bicyclic) bond motifs is 1. The van der Waals surface area contributed by atoms with Crippen molar-refractivity contribution >= 4 is 12.0 Å². The second-order valence-corrected chi connectivity index (χ2v) is 5.39. The van der Waals surface area contributed by atoms with Crippen molar-refractivity contribution in [2.24, 2.45) is 5.92 Å². The van der Waals surface area contributed by atoms with E-state index >= 15 is 0 Å². The van der Waals surface area contributed by atoms with Crippen LogP contribution >= 0.6 is 0 Å². The molecule has 1 aromatic rings. The number of rotatable bonds is 1. The number of hydrogen-bond acceptors (Lipinski definition) is 4. The van der Waals surface area contributed by atoms with E-state index in [2.05, 4.69) is 10.2 Å². The minimum Gasteiger partial charge on any atom is -0.480 e. The number of hydrogen-bond donors (Lipinski definition) is 1. The van der Waals surface area contributed by atoms with E-state index in [1.54, 1.807) is 11.2 Å². The first-order valence-electron chi connectivity index (χ1n) is 6.73. The van der Waals surface area contributed by atoms with E-state index in [4.69, 9.17) is 0 Å². The van der Waals surface area contributed by atoms with Gasteiger partial charge < -0.3 is 19.5 Å². The van der Waals surface area contributed by atoms with Gasteiger partial charge in [0, 0.05) is 19.6 Å². The molecule has 0 spiro atoms. The second-order valence-electron chi connectivity index (χ2n) is 5.39. The zero-order chi connectivity index (χ0) is 14.3. The van der Waals surface area contributed by atoms with Crippen LogP contribution in [0.1, 0.15) is 19.2 Å². The summed E-state index contributed by atoms with van der Waals surface area (Å²) in [5.41, 5.74) is 0. The monoisotopic (exact) mass is 279 g/mol. The number of aromatic nitrogens is 3. The third kappa shape index (κ3) is 2.00. The summed E-state index contributed by atoms with van der Waals surface area (Å²) in [6.07, 6.45) is 2.38. The zero-order valence-electron chi connectivity index (χ0n) is 11.3. The fourth-order valence-corrected chi connectivity index (χ4v) is 2.95. The summed E-state index contributed by atoms with van der Waals surface area (Å²) in [5, 5.41) is 17.1. The van der Waals surface area contributed by atoms with Crippen LogP contribution in [0.2, 0.25) is 0 Å². The van der Waals surface area contributed by atoms with Gasteiger partial charge in [-0.25, -0.2) is 9.59 Å². The van der Waals surface area contributed by atoms with Crippen molar-refractivity contribution in [3.05, 3.63) is 12.2 Å². The van der Waals surface area contributed by atoms with Crippen LogP contribution in [0.5, 0.6) is 0 Å². The molecule has 2 amide bonds. The summed E-state index contributed by atoms with van der Waals surface area (Å²) < 4.78 is 1.91. The minimum atomic E-state index is -0.927. The maximum atomic E-state index is 12.5. The Hall–Kier alpha value is -2.12. The first-order chi connectivity index (χ1) is 9.58. The van der Waals surface area contributed by atoms with Gasteiger partial charge in [0.05, 0.1) is 6.54 Å². The van der Waals surface area contributed by atoms with E-state index in [0.29, 0.717) is 26.2 Å². The molecule has 0 aliphatic carbocycles. The van der Waals surface area contributed by atoms with Crippen LogP contribution in [-0.2, 0) is 17.9 Å². The van der Waals surface area contributed by atoms with E-state index in [1.165, 1.54) is 4.90 Å². The average Bonchev–Trinajstić information content (AvgIpc) is 3.02. The van der Waals surface area contributed by atoms with Crippen molar-refractivity contribution in [3.8, 4) is 0 Å². The molecule has 2 unspecified atom stereocenters. The van der Waals surface area contributed by atoms with Gasteiger partial charge in [0.2, 0.25) is 0 Å². The summed E-state index contributed by atoms with van der Waals surface area (Å²) in [6, 6.07) is -0.932. The Morgan fingerprint density at radius 1 is 1.35 bits per heavy atom. The van der Waals surface area contributed by atoms with Gasteiger partial charge in [-0.3, -0.25) is 0 Å². The highest BCUT2D eigenvalue weighted by molar-refractivity contribution is 5.83. The number of carbonyl (C=O) groups is 2.